The molecule has 0 aliphatic carbocycles. The minimum absolute atomic E-state index is 0.180. The quantitative estimate of drug-likeness (QED) is 0.788. The van der Waals surface area contributed by atoms with Crippen molar-refractivity contribution >= 4 is 11.7 Å². The zero-order valence-corrected chi connectivity index (χ0v) is 15.7. The summed E-state index contributed by atoms with van der Waals surface area (Å²) in [6.07, 6.45) is 1.43. The highest BCUT2D eigenvalue weighted by molar-refractivity contribution is 5.90. The molecule has 1 heterocycles. The van der Waals surface area contributed by atoms with Crippen LogP contribution >= 0.6 is 0 Å². The van der Waals surface area contributed by atoms with Crippen LogP contribution in [0.25, 0.3) is 0 Å². The Labute approximate surface area is 151 Å². The van der Waals surface area contributed by atoms with Gasteiger partial charge < -0.3 is 20.2 Å². The molecule has 1 atom stereocenters. The van der Waals surface area contributed by atoms with E-state index in [0.29, 0.717) is 13.1 Å². The van der Waals surface area contributed by atoms with Crippen LogP contribution < -0.4 is 5.32 Å². The summed E-state index contributed by atoms with van der Waals surface area (Å²) >= 11 is 0. The number of piperazine rings is 1. The first-order valence-electron chi connectivity index (χ1n) is 9.18. The summed E-state index contributed by atoms with van der Waals surface area (Å²) in [6, 6.07) is 7.71. The van der Waals surface area contributed by atoms with Crippen molar-refractivity contribution in [1.29, 1.82) is 0 Å². The average molecular weight is 348 g/mol. The number of hydrogen-bond donors (Lipinski definition) is 2. The highest BCUT2D eigenvalue weighted by Gasteiger charge is 2.20. The number of likely N-dealkylation sites (N-methyl/N-ethyl adjacent to an activating group) is 2. The lowest BCUT2D eigenvalue weighted by Gasteiger charge is -2.34. The van der Waals surface area contributed by atoms with Gasteiger partial charge in [-0.2, -0.15) is 0 Å². The fraction of sp³-hybridized carbons (Fsp3) is 0.632. The van der Waals surface area contributed by atoms with Crippen LogP contribution in [-0.2, 0) is 6.42 Å². The van der Waals surface area contributed by atoms with E-state index < -0.39 is 6.10 Å². The van der Waals surface area contributed by atoms with Crippen molar-refractivity contribution in [3.8, 4) is 0 Å². The highest BCUT2D eigenvalue weighted by Crippen LogP contribution is 2.17. The van der Waals surface area contributed by atoms with E-state index in [1.54, 1.807) is 11.9 Å². The molecular formula is C19H32N4O2. The minimum Gasteiger partial charge on any atom is -0.390 e. The number of hydrogen-bond acceptors (Lipinski definition) is 4. The maximum absolute atomic E-state index is 12.4. The number of nitrogens with zero attached hydrogens (tertiary/aromatic N) is 3. The molecular weight excluding hydrogens is 316 g/mol. The highest BCUT2D eigenvalue weighted by atomic mass is 16.3. The number of aliphatic hydroxyl groups excluding tert-OH is 1. The third kappa shape index (κ3) is 6.30. The molecule has 6 nitrogen and oxygen atoms in total. The number of benzene rings is 1. The Morgan fingerprint density at radius 3 is 2.64 bits per heavy atom. The van der Waals surface area contributed by atoms with E-state index in [1.807, 2.05) is 24.3 Å². The van der Waals surface area contributed by atoms with Crippen LogP contribution in [0.4, 0.5) is 10.5 Å². The predicted molar refractivity (Wildman–Crippen MR) is 102 cm³/mol. The van der Waals surface area contributed by atoms with Crippen LogP contribution in [-0.4, -0.2) is 85.3 Å². The molecule has 0 aromatic heterocycles. The van der Waals surface area contributed by atoms with E-state index in [1.165, 1.54) is 0 Å². The Morgan fingerprint density at radius 1 is 1.28 bits per heavy atom. The number of rotatable bonds is 7. The van der Waals surface area contributed by atoms with Crippen LogP contribution in [0.3, 0.4) is 0 Å². The number of para-hydroxylation sites is 1. The molecule has 0 bridgehead atoms. The Morgan fingerprint density at radius 2 is 1.96 bits per heavy atom. The van der Waals surface area contributed by atoms with Gasteiger partial charge in [0.15, 0.2) is 0 Å². The number of urea groups is 1. The Bertz CT molecular complexity index is 544. The molecule has 1 aromatic rings. The molecule has 25 heavy (non-hydrogen) atoms. The predicted octanol–water partition coefficient (Wildman–Crippen LogP) is 1.71. The molecule has 2 rings (SSSR count). The van der Waals surface area contributed by atoms with Crippen LogP contribution in [0, 0.1) is 0 Å². The lowest BCUT2D eigenvalue weighted by atomic mass is 10.1. The van der Waals surface area contributed by atoms with Gasteiger partial charge in [0.1, 0.15) is 0 Å². The van der Waals surface area contributed by atoms with Gasteiger partial charge in [-0.05, 0) is 25.1 Å². The number of aliphatic hydroxyl groups is 1. The first kappa shape index (κ1) is 19.7. The Kier molecular flexibility index (Phi) is 7.68. The van der Waals surface area contributed by atoms with E-state index in [-0.39, 0.29) is 6.03 Å². The summed E-state index contributed by atoms with van der Waals surface area (Å²) in [5.41, 5.74) is 2.00. The zero-order chi connectivity index (χ0) is 18.2. The summed E-state index contributed by atoms with van der Waals surface area (Å²) in [6.45, 7) is 7.04. The van der Waals surface area contributed by atoms with Crippen LogP contribution in [0.5, 0.6) is 0 Å². The first-order valence-corrected chi connectivity index (χ1v) is 9.18. The van der Waals surface area contributed by atoms with Gasteiger partial charge in [0.2, 0.25) is 0 Å². The standard InChI is InChI=1S/C19H32N4O2/c1-4-7-16-8-5-6-9-18(16)20-19(25)22(3)14-17(24)15-23-12-10-21(2)11-13-23/h5-6,8-9,17,24H,4,7,10-15H2,1-3H3,(H,20,25). The van der Waals surface area contributed by atoms with Crippen molar-refractivity contribution in [3.63, 3.8) is 0 Å². The fourth-order valence-corrected chi connectivity index (χ4v) is 3.13. The molecule has 1 fully saturated rings. The van der Waals surface area contributed by atoms with Gasteiger partial charge in [-0.25, -0.2) is 4.79 Å². The van der Waals surface area contributed by atoms with Crippen molar-refractivity contribution in [1.82, 2.24) is 14.7 Å². The SMILES string of the molecule is CCCc1ccccc1NC(=O)N(C)CC(O)CN1CCN(C)CC1. The van der Waals surface area contributed by atoms with Crippen molar-refractivity contribution in [2.45, 2.75) is 25.9 Å². The molecule has 0 radical (unpaired) electrons. The van der Waals surface area contributed by atoms with Crippen molar-refractivity contribution < 1.29 is 9.90 Å². The number of aryl methyl sites for hydroxylation is 1. The fourth-order valence-electron chi connectivity index (χ4n) is 3.13. The molecule has 6 heteroatoms. The summed E-state index contributed by atoms with van der Waals surface area (Å²) in [4.78, 5) is 18.5. The molecule has 2 N–H and O–H groups in total. The second-order valence-corrected chi connectivity index (χ2v) is 6.98. The summed E-state index contributed by atoms with van der Waals surface area (Å²) in [5.74, 6) is 0. The smallest absolute Gasteiger partial charge is 0.321 e. The summed E-state index contributed by atoms with van der Waals surface area (Å²) < 4.78 is 0. The van der Waals surface area contributed by atoms with E-state index in [0.717, 1.165) is 50.3 Å². The van der Waals surface area contributed by atoms with E-state index in [2.05, 4.69) is 29.1 Å². The van der Waals surface area contributed by atoms with E-state index in [9.17, 15) is 9.90 Å². The number of nitrogens with one attached hydrogen (secondary N) is 1. The van der Waals surface area contributed by atoms with Gasteiger partial charge in [0, 0.05) is 52.0 Å². The first-order chi connectivity index (χ1) is 12.0. The van der Waals surface area contributed by atoms with Gasteiger partial charge in [0.25, 0.3) is 0 Å². The lowest BCUT2D eigenvalue weighted by Crippen LogP contribution is -2.49. The molecule has 2 amide bonds. The van der Waals surface area contributed by atoms with Crippen molar-refractivity contribution in [2.24, 2.45) is 0 Å². The number of amides is 2. The van der Waals surface area contributed by atoms with Crippen LogP contribution in [0.15, 0.2) is 24.3 Å². The number of carbonyl (C=O) groups is 1. The lowest BCUT2D eigenvalue weighted by molar-refractivity contribution is 0.0670. The Hall–Kier alpha value is -1.63. The summed E-state index contributed by atoms with van der Waals surface area (Å²) in [5, 5.41) is 13.3. The third-order valence-corrected chi connectivity index (χ3v) is 4.67. The number of carbonyl (C=O) groups excluding carboxylic acids is 1. The summed E-state index contributed by atoms with van der Waals surface area (Å²) in [7, 11) is 3.84. The van der Waals surface area contributed by atoms with E-state index in [4.69, 9.17) is 0 Å². The molecule has 1 unspecified atom stereocenters. The maximum atomic E-state index is 12.4. The monoisotopic (exact) mass is 348 g/mol. The molecule has 140 valence electrons. The second-order valence-electron chi connectivity index (χ2n) is 6.98. The van der Waals surface area contributed by atoms with Crippen molar-refractivity contribution in [2.75, 3.05) is 58.7 Å². The van der Waals surface area contributed by atoms with Crippen molar-refractivity contribution in [3.05, 3.63) is 29.8 Å². The third-order valence-electron chi connectivity index (χ3n) is 4.67. The zero-order valence-electron chi connectivity index (χ0n) is 15.7. The Balaban J connectivity index is 1.81. The normalized spacial score (nSPS) is 17.3. The van der Waals surface area contributed by atoms with Crippen LogP contribution in [0.2, 0.25) is 0 Å². The number of β-amino-alcohol motifs (C(OH)–C–C–N with tert-alkyl or cyclic N) is 1. The molecule has 1 aliphatic heterocycles. The molecule has 1 aromatic carbocycles. The molecule has 1 aliphatic rings. The molecule has 0 spiro atoms. The van der Waals surface area contributed by atoms with Crippen LogP contribution in [0.1, 0.15) is 18.9 Å². The van der Waals surface area contributed by atoms with Gasteiger partial charge in [0.05, 0.1) is 6.10 Å². The number of anilines is 1. The maximum Gasteiger partial charge on any atom is 0.321 e. The molecule has 1 saturated heterocycles. The average Bonchev–Trinajstić information content (AvgIpc) is 2.58. The topological polar surface area (TPSA) is 59.1 Å². The second kappa shape index (κ2) is 9.75. The molecule has 0 saturated carbocycles. The minimum atomic E-state index is -0.537. The van der Waals surface area contributed by atoms with Gasteiger partial charge in [-0.1, -0.05) is 31.5 Å². The van der Waals surface area contributed by atoms with E-state index >= 15 is 0 Å². The van der Waals surface area contributed by atoms with Gasteiger partial charge >= 0.3 is 6.03 Å². The van der Waals surface area contributed by atoms with Gasteiger partial charge in [-0.3, -0.25) is 4.90 Å². The van der Waals surface area contributed by atoms with Gasteiger partial charge in [-0.15, -0.1) is 0 Å². The largest absolute Gasteiger partial charge is 0.390 e.